The third-order valence-electron chi connectivity index (χ3n) is 4.89. The summed E-state index contributed by atoms with van der Waals surface area (Å²) >= 11 is 3.46. The Morgan fingerprint density at radius 3 is 2.61 bits per heavy atom. The van der Waals surface area contributed by atoms with Gasteiger partial charge in [-0.3, -0.25) is 4.79 Å². The minimum Gasteiger partial charge on any atom is -0.396 e. The van der Waals surface area contributed by atoms with E-state index in [-0.39, 0.29) is 12.6 Å². The van der Waals surface area contributed by atoms with Crippen LogP contribution in [0, 0.1) is 0 Å². The van der Waals surface area contributed by atoms with Gasteiger partial charge in [0.25, 0.3) is 0 Å². The number of anilines is 3. The van der Waals surface area contributed by atoms with Gasteiger partial charge in [0.15, 0.2) is 0 Å². The van der Waals surface area contributed by atoms with Crippen LogP contribution in [0.25, 0.3) is 22.0 Å². The lowest BCUT2D eigenvalue weighted by atomic mass is 9.93. The van der Waals surface area contributed by atoms with Crippen LogP contribution < -0.4 is 16.8 Å². The molecule has 0 fully saturated rings. The van der Waals surface area contributed by atoms with E-state index in [9.17, 15) is 9.90 Å². The van der Waals surface area contributed by atoms with Crippen molar-refractivity contribution in [3.05, 3.63) is 76.3 Å². The highest BCUT2D eigenvalue weighted by Crippen LogP contribution is 2.32. The van der Waals surface area contributed by atoms with Gasteiger partial charge in [-0.05, 0) is 53.4 Å². The van der Waals surface area contributed by atoms with Crippen LogP contribution in [0.4, 0.5) is 17.5 Å². The maximum atomic E-state index is 12.2. The Morgan fingerprint density at radius 1 is 1.06 bits per heavy atom. The number of nitrogens with two attached hydrogens (primary N) is 2. The number of carbonyl (C=O) groups excluding carboxylic acids is 1. The molecule has 31 heavy (non-hydrogen) atoms. The highest BCUT2D eigenvalue weighted by Gasteiger charge is 2.16. The van der Waals surface area contributed by atoms with Crippen molar-refractivity contribution in [1.29, 1.82) is 0 Å². The number of primary amides is 1. The number of aromatic nitrogens is 2. The Kier molecular flexibility index (Phi) is 5.83. The molecule has 1 amide bonds. The van der Waals surface area contributed by atoms with Gasteiger partial charge < -0.3 is 21.9 Å². The number of halogens is 1. The van der Waals surface area contributed by atoms with Crippen LogP contribution in [0.2, 0.25) is 0 Å². The van der Waals surface area contributed by atoms with Crippen LogP contribution in [0.5, 0.6) is 0 Å². The summed E-state index contributed by atoms with van der Waals surface area (Å²) in [6.45, 7) is -0.0741. The fourth-order valence-electron chi connectivity index (χ4n) is 3.57. The first-order valence-corrected chi connectivity index (χ1v) is 10.4. The largest absolute Gasteiger partial charge is 0.396 e. The second-order valence-electron chi connectivity index (χ2n) is 6.98. The number of benzene rings is 3. The number of rotatable bonds is 6. The van der Waals surface area contributed by atoms with Crippen LogP contribution in [0.3, 0.4) is 0 Å². The van der Waals surface area contributed by atoms with Crippen molar-refractivity contribution in [2.24, 2.45) is 5.73 Å². The van der Waals surface area contributed by atoms with E-state index in [4.69, 9.17) is 11.5 Å². The van der Waals surface area contributed by atoms with Gasteiger partial charge in [0.2, 0.25) is 11.9 Å². The number of aliphatic hydroxyl groups is 1. The van der Waals surface area contributed by atoms with E-state index in [2.05, 4.69) is 31.2 Å². The zero-order valence-electron chi connectivity index (χ0n) is 16.5. The average Bonchev–Trinajstić information content (AvgIpc) is 2.73. The highest BCUT2D eigenvalue weighted by molar-refractivity contribution is 9.10. The lowest BCUT2D eigenvalue weighted by molar-refractivity contribution is 0.1000. The number of hydrogen-bond donors (Lipinski definition) is 4. The molecule has 1 aromatic heterocycles. The SMILES string of the molecule is NC(=O)c1c(CCO)cccc1-c1ccc2nc(N)nc(Nc3cccc(Br)c3)c2c1. The molecule has 0 aliphatic carbocycles. The summed E-state index contributed by atoms with van der Waals surface area (Å²) in [6, 6.07) is 18.8. The van der Waals surface area contributed by atoms with E-state index >= 15 is 0 Å². The van der Waals surface area contributed by atoms with Crippen molar-refractivity contribution in [3.63, 3.8) is 0 Å². The first-order valence-electron chi connectivity index (χ1n) is 9.59. The third-order valence-corrected chi connectivity index (χ3v) is 5.38. The molecular weight excluding hydrogens is 458 g/mol. The maximum absolute atomic E-state index is 12.2. The highest BCUT2D eigenvalue weighted by atomic mass is 79.9. The number of fused-ring (bicyclic) bond motifs is 1. The van der Waals surface area contributed by atoms with Crippen molar-refractivity contribution >= 4 is 50.2 Å². The normalized spacial score (nSPS) is 10.9. The molecule has 0 aliphatic heterocycles. The average molecular weight is 478 g/mol. The van der Waals surface area contributed by atoms with E-state index in [0.717, 1.165) is 21.1 Å². The lowest BCUT2D eigenvalue weighted by Crippen LogP contribution is -2.16. The molecule has 0 aliphatic rings. The Morgan fingerprint density at radius 2 is 1.87 bits per heavy atom. The molecule has 7 nitrogen and oxygen atoms in total. The number of nitrogens with zero attached hydrogens (tertiary/aromatic N) is 2. The molecule has 3 aromatic carbocycles. The second kappa shape index (κ2) is 8.71. The van der Waals surface area contributed by atoms with Crippen LogP contribution in [0.15, 0.2) is 65.1 Å². The van der Waals surface area contributed by atoms with Crippen LogP contribution in [-0.4, -0.2) is 27.6 Å². The van der Waals surface area contributed by atoms with Crippen LogP contribution >= 0.6 is 15.9 Å². The molecular formula is C23H20BrN5O2. The summed E-state index contributed by atoms with van der Waals surface area (Å²) < 4.78 is 0.927. The molecule has 156 valence electrons. The summed E-state index contributed by atoms with van der Waals surface area (Å²) in [5.41, 5.74) is 15.7. The Bertz CT molecular complexity index is 1290. The van der Waals surface area contributed by atoms with E-state index in [1.165, 1.54) is 0 Å². The number of carbonyl (C=O) groups is 1. The van der Waals surface area contributed by atoms with E-state index in [1.54, 1.807) is 6.07 Å². The van der Waals surface area contributed by atoms with Gasteiger partial charge in [-0.15, -0.1) is 0 Å². The van der Waals surface area contributed by atoms with Crippen LogP contribution in [-0.2, 0) is 6.42 Å². The molecule has 6 N–H and O–H groups in total. The molecule has 8 heteroatoms. The van der Waals surface area contributed by atoms with Gasteiger partial charge in [0, 0.05) is 22.2 Å². The number of aliphatic hydroxyl groups excluding tert-OH is 1. The quantitative estimate of drug-likeness (QED) is 0.332. The molecule has 0 saturated carbocycles. The monoisotopic (exact) mass is 477 g/mol. The number of hydrogen-bond acceptors (Lipinski definition) is 6. The first kappa shape index (κ1) is 20.8. The topological polar surface area (TPSA) is 127 Å². The van der Waals surface area contributed by atoms with Gasteiger partial charge in [0.1, 0.15) is 5.82 Å². The molecule has 0 saturated heterocycles. The number of amides is 1. The zero-order valence-corrected chi connectivity index (χ0v) is 18.1. The lowest BCUT2D eigenvalue weighted by Gasteiger charge is -2.14. The summed E-state index contributed by atoms with van der Waals surface area (Å²) in [4.78, 5) is 20.9. The minimum absolute atomic E-state index is 0.0741. The molecule has 0 bridgehead atoms. The zero-order chi connectivity index (χ0) is 22.0. The van der Waals surface area contributed by atoms with Gasteiger partial charge in [-0.2, -0.15) is 4.98 Å². The molecule has 0 radical (unpaired) electrons. The first-order chi connectivity index (χ1) is 15.0. The molecule has 1 heterocycles. The predicted octanol–water partition coefficient (Wildman–Crippen LogP) is 4.02. The smallest absolute Gasteiger partial charge is 0.249 e. The van der Waals surface area contributed by atoms with Gasteiger partial charge in [-0.1, -0.05) is 46.3 Å². The van der Waals surface area contributed by atoms with E-state index in [1.807, 2.05) is 54.6 Å². The molecule has 0 spiro atoms. The molecule has 4 rings (SSSR count). The predicted molar refractivity (Wildman–Crippen MR) is 126 cm³/mol. The van der Waals surface area contributed by atoms with Crippen molar-refractivity contribution in [1.82, 2.24) is 9.97 Å². The van der Waals surface area contributed by atoms with E-state index in [0.29, 0.717) is 34.4 Å². The van der Waals surface area contributed by atoms with Crippen molar-refractivity contribution < 1.29 is 9.90 Å². The number of nitrogens with one attached hydrogen (secondary N) is 1. The Labute approximate surface area is 187 Å². The van der Waals surface area contributed by atoms with Gasteiger partial charge in [-0.25, -0.2) is 4.98 Å². The molecule has 4 aromatic rings. The molecule has 0 atom stereocenters. The maximum Gasteiger partial charge on any atom is 0.249 e. The van der Waals surface area contributed by atoms with Crippen molar-refractivity contribution in [2.75, 3.05) is 17.7 Å². The summed E-state index contributed by atoms with van der Waals surface area (Å²) in [5.74, 6) is 0.162. The Hall–Kier alpha value is -3.49. The fourth-order valence-corrected chi connectivity index (χ4v) is 3.97. The second-order valence-corrected chi connectivity index (χ2v) is 7.89. The third kappa shape index (κ3) is 4.35. The number of nitrogen functional groups attached to an aromatic ring is 1. The summed E-state index contributed by atoms with van der Waals surface area (Å²) in [7, 11) is 0. The standard InChI is InChI=1S/C23H20BrN5O2/c24-15-4-2-5-16(12-15)27-22-18-11-14(7-8-19(18)28-23(26)29-22)17-6-1-3-13(9-10-30)20(17)21(25)31/h1-8,11-12,30H,9-10H2,(H2,25,31)(H3,26,27,28,29). The summed E-state index contributed by atoms with van der Waals surface area (Å²) in [5, 5.41) is 13.4. The van der Waals surface area contributed by atoms with E-state index < -0.39 is 5.91 Å². The van der Waals surface area contributed by atoms with Crippen LogP contribution in [0.1, 0.15) is 15.9 Å². The minimum atomic E-state index is -0.541. The Balaban J connectivity index is 1.88. The van der Waals surface area contributed by atoms with Gasteiger partial charge in [0.05, 0.1) is 11.1 Å². The summed E-state index contributed by atoms with van der Waals surface area (Å²) in [6.07, 6.45) is 0.342. The van der Waals surface area contributed by atoms with Gasteiger partial charge >= 0.3 is 0 Å². The van der Waals surface area contributed by atoms with Crippen molar-refractivity contribution in [2.45, 2.75) is 6.42 Å². The van der Waals surface area contributed by atoms with Crippen molar-refractivity contribution in [3.8, 4) is 11.1 Å². The fraction of sp³-hybridized carbons (Fsp3) is 0.0870. The molecule has 0 unspecified atom stereocenters.